The van der Waals surface area contributed by atoms with Crippen molar-refractivity contribution < 1.29 is 29.0 Å². The van der Waals surface area contributed by atoms with E-state index in [1.807, 2.05) is 6.92 Å². The Morgan fingerprint density at radius 2 is 1.62 bits per heavy atom. The van der Waals surface area contributed by atoms with E-state index in [0.717, 1.165) is 30.4 Å². The van der Waals surface area contributed by atoms with Crippen LogP contribution in [-0.2, 0) is 11.8 Å². The average molecular weight is 350 g/mol. The summed E-state index contributed by atoms with van der Waals surface area (Å²) in [5, 5.41) is 19.5. The Bertz CT molecular complexity index is 1100. The summed E-state index contributed by atoms with van der Waals surface area (Å²) in [5.74, 6) is -3.68. The molecule has 0 spiro atoms. The zero-order chi connectivity index (χ0) is 18.4. The molecule has 1 aromatic carbocycles. The summed E-state index contributed by atoms with van der Waals surface area (Å²) >= 11 is 0. The third-order valence-corrected chi connectivity index (χ3v) is 5.89. The number of furan rings is 1. The molecule has 3 aliphatic carbocycles. The van der Waals surface area contributed by atoms with Crippen LogP contribution in [-0.4, -0.2) is 27.6 Å². The minimum Gasteiger partial charge on any atom is -0.501 e. The summed E-state index contributed by atoms with van der Waals surface area (Å²) in [6.07, 6.45) is 4.13. The lowest BCUT2D eigenvalue weighted by Crippen LogP contribution is -2.36. The Labute approximate surface area is 147 Å². The Balaban J connectivity index is 1.84. The van der Waals surface area contributed by atoms with Gasteiger partial charge in [-0.1, -0.05) is 6.92 Å². The predicted octanol–water partition coefficient (Wildman–Crippen LogP) is 3.17. The van der Waals surface area contributed by atoms with Crippen LogP contribution in [0.5, 0.6) is 0 Å². The lowest BCUT2D eigenvalue weighted by molar-refractivity contribution is 0.0880. The maximum Gasteiger partial charge on any atom is 0.232 e. The molecule has 1 atom stereocenters. The highest BCUT2D eigenvalue weighted by atomic mass is 16.3. The first kappa shape index (κ1) is 15.1. The number of Topliss-reactive ketones (excluding diaryl/α,β-unsaturated/α-hetero) is 2. The first-order valence-corrected chi connectivity index (χ1v) is 8.40. The quantitative estimate of drug-likeness (QED) is 0.756. The van der Waals surface area contributed by atoms with Gasteiger partial charge in [0, 0.05) is 27.7 Å². The molecule has 3 aliphatic rings. The van der Waals surface area contributed by atoms with Crippen LogP contribution in [0, 0.1) is 0 Å². The molecule has 0 radical (unpaired) electrons. The second-order valence-corrected chi connectivity index (χ2v) is 7.28. The maximum absolute atomic E-state index is 13.0. The van der Waals surface area contributed by atoms with E-state index >= 15 is 0 Å². The summed E-state index contributed by atoms with van der Waals surface area (Å²) in [7, 11) is 0. The van der Waals surface area contributed by atoms with E-state index in [4.69, 9.17) is 4.42 Å². The standard InChI is InChI=1S/C20H14O6/c1-20-4-2-3-8-7-26-19(13(8)20)16(23)11-5-9-10(6-12(11)20)15(22)18(25)17(24)14(9)21/h5-7,24-25H,2-4H2,1H3/t20-/m0/s1. The highest BCUT2D eigenvalue weighted by molar-refractivity contribution is 6.26. The highest BCUT2D eigenvalue weighted by Crippen LogP contribution is 2.50. The number of hydrogen-bond acceptors (Lipinski definition) is 6. The van der Waals surface area contributed by atoms with Crippen LogP contribution in [0.25, 0.3) is 0 Å². The van der Waals surface area contributed by atoms with Crippen molar-refractivity contribution in [1.82, 2.24) is 0 Å². The fraction of sp³-hybridized carbons (Fsp3) is 0.250. The number of hydrogen-bond donors (Lipinski definition) is 2. The van der Waals surface area contributed by atoms with E-state index in [0.29, 0.717) is 11.1 Å². The maximum atomic E-state index is 13.0. The molecule has 130 valence electrons. The Hall–Kier alpha value is -3.15. The summed E-state index contributed by atoms with van der Waals surface area (Å²) in [6, 6.07) is 2.87. The molecule has 26 heavy (non-hydrogen) atoms. The van der Waals surface area contributed by atoms with Crippen molar-refractivity contribution in [1.29, 1.82) is 0 Å². The van der Waals surface area contributed by atoms with Gasteiger partial charge in [-0.25, -0.2) is 0 Å². The Kier molecular flexibility index (Phi) is 2.63. The van der Waals surface area contributed by atoms with Gasteiger partial charge in [-0.05, 0) is 42.5 Å². The minimum absolute atomic E-state index is 0.0112. The van der Waals surface area contributed by atoms with Crippen molar-refractivity contribution in [3.05, 3.63) is 69.1 Å². The largest absolute Gasteiger partial charge is 0.501 e. The number of rotatable bonds is 0. The van der Waals surface area contributed by atoms with Crippen molar-refractivity contribution in [2.45, 2.75) is 31.6 Å². The monoisotopic (exact) mass is 350 g/mol. The Morgan fingerprint density at radius 3 is 2.31 bits per heavy atom. The smallest absolute Gasteiger partial charge is 0.232 e. The lowest BCUT2D eigenvalue weighted by atomic mass is 9.62. The van der Waals surface area contributed by atoms with Gasteiger partial charge in [-0.15, -0.1) is 0 Å². The second-order valence-electron chi connectivity index (χ2n) is 7.28. The van der Waals surface area contributed by atoms with Crippen LogP contribution in [0.2, 0.25) is 0 Å². The van der Waals surface area contributed by atoms with E-state index in [-0.39, 0.29) is 22.7 Å². The third kappa shape index (κ3) is 1.55. The normalized spacial score (nSPS) is 23.7. The van der Waals surface area contributed by atoms with Crippen LogP contribution >= 0.6 is 0 Å². The van der Waals surface area contributed by atoms with E-state index in [1.165, 1.54) is 12.1 Å². The predicted molar refractivity (Wildman–Crippen MR) is 88.9 cm³/mol. The number of ketones is 3. The van der Waals surface area contributed by atoms with Crippen molar-refractivity contribution in [3.8, 4) is 0 Å². The second kappa shape index (κ2) is 4.52. The molecule has 0 bridgehead atoms. The third-order valence-electron chi connectivity index (χ3n) is 5.89. The average Bonchev–Trinajstić information content (AvgIpc) is 3.08. The number of fused-ring (bicyclic) bond motifs is 3. The van der Waals surface area contributed by atoms with Gasteiger partial charge < -0.3 is 14.6 Å². The molecule has 2 N–H and O–H groups in total. The number of carbonyl (C=O) groups is 3. The zero-order valence-corrected chi connectivity index (χ0v) is 13.9. The Morgan fingerprint density at radius 1 is 0.962 bits per heavy atom. The number of aliphatic hydroxyl groups is 2. The number of aliphatic hydroxyl groups excluding tert-OH is 2. The molecule has 1 heterocycles. The molecule has 0 aliphatic heterocycles. The van der Waals surface area contributed by atoms with Crippen LogP contribution in [0.1, 0.15) is 73.3 Å². The van der Waals surface area contributed by atoms with Gasteiger partial charge in [0.05, 0.1) is 6.26 Å². The van der Waals surface area contributed by atoms with E-state index < -0.39 is 28.5 Å². The van der Waals surface area contributed by atoms with Gasteiger partial charge in [0.15, 0.2) is 5.76 Å². The molecule has 6 heteroatoms. The van der Waals surface area contributed by atoms with Crippen LogP contribution in [0.15, 0.2) is 34.3 Å². The van der Waals surface area contributed by atoms with E-state index in [9.17, 15) is 24.6 Å². The zero-order valence-electron chi connectivity index (χ0n) is 13.9. The number of carbonyl (C=O) groups excluding carboxylic acids is 3. The summed E-state index contributed by atoms with van der Waals surface area (Å²) in [6.45, 7) is 2.00. The molecule has 2 aromatic rings. The minimum atomic E-state index is -0.990. The molecule has 6 nitrogen and oxygen atoms in total. The molecule has 0 saturated carbocycles. The van der Waals surface area contributed by atoms with Crippen molar-refractivity contribution in [2.24, 2.45) is 0 Å². The molecule has 1 aromatic heterocycles. The van der Waals surface area contributed by atoms with Crippen LogP contribution < -0.4 is 0 Å². The van der Waals surface area contributed by atoms with Crippen molar-refractivity contribution in [2.75, 3.05) is 0 Å². The molecule has 0 amide bonds. The van der Waals surface area contributed by atoms with E-state index in [1.54, 1.807) is 6.26 Å². The molecule has 5 rings (SSSR count). The van der Waals surface area contributed by atoms with Crippen molar-refractivity contribution >= 4 is 17.3 Å². The first-order chi connectivity index (χ1) is 12.3. The van der Waals surface area contributed by atoms with Gasteiger partial charge in [-0.3, -0.25) is 14.4 Å². The fourth-order valence-corrected chi connectivity index (χ4v) is 4.59. The number of aryl methyl sites for hydroxylation is 1. The molecular formula is C20H14O6. The number of benzene rings is 1. The van der Waals surface area contributed by atoms with Gasteiger partial charge >= 0.3 is 0 Å². The van der Waals surface area contributed by atoms with Gasteiger partial charge in [0.25, 0.3) is 0 Å². The lowest BCUT2D eigenvalue weighted by Gasteiger charge is -2.39. The summed E-state index contributed by atoms with van der Waals surface area (Å²) in [5.41, 5.74) is 2.25. The summed E-state index contributed by atoms with van der Waals surface area (Å²) in [4.78, 5) is 37.6. The molecule has 0 unspecified atom stereocenters. The molecular weight excluding hydrogens is 336 g/mol. The first-order valence-electron chi connectivity index (χ1n) is 8.40. The highest BCUT2D eigenvalue weighted by Gasteiger charge is 2.47. The molecule has 0 fully saturated rings. The topological polar surface area (TPSA) is 105 Å². The SMILES string of the molecule is C[C@@]12CCCc3coc(c31)C(=O)c1cc3c(cc12)C(=O)C(O)=C(O)C3=O. The van der Waals surface area contributed by atoms with Crippen molar-refractivity contribution in [3.63, 3.8) is 0 Å². The van der Waals surface area contributed by atoms with Crippen LogP contribution in [0.4, 0.5) is 0 Å². The van der Waals surface area contributed by atoms with Gasteiger partial charge in [0.1, 0.15) is 0 Å². The number of allylic oxidation sites excluding steroid dienone is 2. The van der Waals surface area contributed by atoms with Gasteiger partial charge in [-0.2, -0.15) is 0 Å². The molecule has 0 saturated heterocycles. The summed E-state index contributed by atoms with van der Waals surface area (Å²) < 4.78 is 5.55. The van der Waals surface area contributed by atoms with Gasteiger partial charge in [0.2, 0.25) is 28.9 Å². The fourth-order valence-electron chi connectivity index (χ4n) is 4.59. The van der Waals surface area contributed by atoms with E-state index in [2.05, 4.69) is 0 Å². The van der Waals surface area contributed by atoms with Crippen LogP contribution in [0.3, 0.4) is 0 Å².